The van der Waals surface area contributed by atoms with E-state index in [2.05, 4.69) is 0 Å². The van der Waals surface area contributed by atoms with Gasteiger partial charge in [-0.15, -0.1) is 0 Å². The lowest BCUT2D eigenvalue weighted by atomic mass is 9.95. The van der Waals surface area contributed by atoms with Crippen LogP contribution in [0.5, 0.6) is 0 Å². The Morgan fingerprint density at radius 2 is 1.83 bits per heavy atom. The maximum absolute atomic E-state index is 11.9. The Labute approximate surface area is 107 Å². The molecule has 102 valence electrons. The number of esters is 2. The molecular weight excluding hydrogens is 236 g/mol. The summed E-state index contributed by atoms with van der Waals surface area (Å²) in [6, 6.07) is 0. The second-order valence-corrected chi connectivity index (χ2v) is 4.58. The van der Waals surface area contributed by atoms with Crippen LogP contribution in [-0.4, -0.2) is 29.9 Å². The molecule has 0 spiro atoms. The molecule has 1 aliphatic rings. The first kappa shape index (κ1) is 14.7. The van der Waals surface area contributed by atoms with E-state index in [4.69, 9.17) is 9.47 Å². The highest BCUT2D eigenvalue weighted by Crippen LogP contribution is 2.33. The number of ketones is 1. The minimum atomic E-state index is -1.76. The summed E-state index contributed by atoms with van der Waals surface area (Å²) in [7, 11) is 0. The molecule has 1 rings (SSSR count). The lowest BCUT2D eigenvalue weighted by Crippen LogP contribution is -2.50. The molecule has 1 aliphatic carbocycles. The molecular formula is C13H20O5. The minimum absolute atomic E-state index is 0.0948. The molecule has 1 fully saturated rings. The van der Waals surface area contributed by atoms with Crippen LogP contribution in [-0.2, 0) is 23.9 Å². The predicted molar refractivity (Wildman–Crippen MR) is 63.8 cm³/mol. The average molecular weight is 256 g/mol. The number of ether oxygens (including phenoxy) is 2. The van der Waals surface area contributed by atoms with Gasteiger partial charge in [0.1, 0.15) is 0 Å². The van der Waals surface area contributed by atoms with E-state index in [1.807, 2.05) is 0 Å². The van der Waals surface area contributed by atoms with Crippen molar-refractivity contribution in [2.75, 3.05) is 6.61 Å². The van der Waals surface area contributed by atoms with Crippen LogP contribution in [0.3, 0.4) is 0 Å². The SMILES string of the molecule is CCOC(=O)C(CC)(OC(=O)CC1CC1)C(C)=O. The summed E-state index contributed by atoms with van der Waals surface area (Å²) in [5.41, 5.74) is -1.76. The summed E-state index contributed by atoms with van der Waals surface area (Å²) in [6.45, 7) is 4.66. The van der Waals surface area contributed by atoms with Crippen LogP contribution in [0, 0.1) is 5.92 Å². The van der Waals surface area contributed by atoms with Gasteiger partial charge in [-0.1, -0.05) is 6.92 Å². The molecule has 0 bridgehead atoms. The van der Waals surface area contributed by atoms with E-state index < -0.39 is 23.3 Å². The first-order valence-corrected chi connectivity index (χ1v) is 6.36. The lowest BCUT2D eigenvalue weighted by molar-refractivity contribution is -0.186. The highest BCUT2D eigenvalue weighted by molar-refractivity contribution is 6.07. The van der Waals surface area contributed by atoms with E-state index in [1.54, 1.807) is 13.8 Å². The topological polar surface area (TPSA) is 69.7 Å². The van der Waals surface area contributed by atoms with Crippen molar-refractivity contribution in [3.8, 4) is 0 Å². The van der Waals surface area contributed by atoms with E-state index in [-0.39, 0.29) is 19.4 Å². The number of rotatable bonds is 7. The third-order valence-corrected chi connectivity index (χ3v) is 3.11. The molecule has 0 saturated heterocycles. The summed E-state index contributed by atoms with van der Waals surface area (Å²) in [5.74, 6) is -1.42. The number of carbonyl (C=O) groups is 3. The van der Waals surface area contributed by atoms with Crippen molar-refractivity contribution in [3.63, 3.8) is 0 Å². The van der Waals surface area contributed by atoms with Gasteiger partial charge in [0, 0.05) is 12.8 Å². The van der Waals surface area contributed by atoms with Gasteiger partial charge in [-0.3, -0.25) is 9.59 Å². The summed E-state index contributed by atoms with van der Waals surface area (Å²) in [4.78, 5) is 35.2. The van der Waals surface area contributed by atoms with Gasteiger partial charge in [0.25, 0.3) is 5.60 Å². The Bertz CT molecular complexity index is 345. The fraction of sp³-hybridized carbons (Fsp3) is 0.769. The van der Waals surface area contributed by atoms with Crippen LogP contribution in [0.4, 0.5) is 0 Å². The third-order valence-electron chi connectivity index (χ3n) is 3.11. The number of hydrogen-bond donors (Lipinski definition) is 0. The molecule has 0 radical (unpaired) electrons. The van der Waals surface area contributed by atoms with Gasteiger partial charge >= 0.3 is 11.9 Å². The molecule has 0 aromatic rings. The minimum Gasteiger partial charge on any atom is -0.463 e. The molecule has 0 aromatic heterocycles. The smallest absolute Gasteiger partial charge is 0.358 e. The molecule has 5 nitrogen and oxygen atoms in total. The predicted octanol–water partition coefficient (Wildman–Crippen LogP) is 1.63. The molecule has 0 aromatic carbocycles. The Balaban J connectivity index is 2.77. The molecule has 1 atom stereocenters. The monoisotopic (exact) mass is 256 g/mol. The van der Waals surface area contributed by atoms with E-state index in [0.717, 1.165) is 12.8 Å². The normalized spacial score (nSPS) is 17.7. The largest absolute Gasteiger partial charge is 0.463 e. The van der Waals surface area contributed by atoms with Crippen molar-refractivity contribution in [2.45, 2.75) is 52.1 Å². The van der Waals surface area contributed by atoms with Gasteiger partial charge < -0.3 is 9.47 Å². The quantitative estimate of drug-likeness (QED) is 0.511. The number of hydrogen-bond acceptors (Lipinski definition) is 5. The third kappa shape index (κ3) is 3.31. The van der Waals surface area contributed by atoms with Crippen LogP contribution in [0.15, 0.2) is 0 Å². The standard InChI is InChI=1S/C13H20O5/c1-4-13(9(3)14,12(16)17-5-2)18-11(15)8-10-6-7-10/h10H,4-8H2,1-3H3. The molecule has 0 aliphatic heterocycles. The van der Waals surface area contributed by atoms with Gasteiger partial charge in [0.15, 0.2) is 5.78 Å². The molecule has 5 heteroatoms. The van der Waals surface area contributed by atoms with Gasteiger partial charge in [-0.05, 0) is 32.6 Å². The van der Waals surface area contributed by atoms with Crippen molar-refractivity contribution in [3.05, 3.63) is 0 Å². The van der Waals surface area contributed by atoms with Gasteiger partial charge in [-0.2, -0.15) is 0 Å². The Hall–Kier alpha value is -1.39. The molecule has 0 amide bonds. The van der Waals surface area contributed by atoms with Crippen molar-refractivity contribution in [1.82, 2.24) is 0 Å². The van der Waals surface area contributed by atoms with E-state index >= 15 is 0 Å². The summed E-state index contributed by atoms with van der Waals surface area (Å²) >= 11 is 0. The average Bonchev–Trinajstić information content (AvgIpc) is 3.09. The molecule has 0 N–H and O–H groups in total. The summed E-state index contributed by atoms with van der Waals surface area (Å²) in [5, 5.41) is 0. The summed E-state index contributed by atoms with van der Waals surface area (Å²) < 4.78 is 9.99. The number of Topliss-reactive ketones (excluding diaryl/α,β-unsaturated/α-hetero) is 1. The van der Waals surface area contributed by atoms with Crippen molar-refractivity contribution in [1.29, 1.82) is 0 Å². The van der Waals surface area contributed by atoms with E-state index in [1.165, 1.54) is 6.92 Å². The zero-order chi connectivity index (χ0) is 13.8. The second-order valence-electron chi connectivity index (χ2n) is 4.58. The second kappa shape index (κ2) is 5.98. The molecule has 1 unspecified atom stereocenters. The number of carbonyl (C=O) groups excluding carboxylic acids is 3. The summed E-state index contributed by atoms with van der Waals surface area (Å²) in [6.07, 6.45) is 2.38. The van der Waals surface area contributed by atoms with Gasteiger partial charge in [-0.25, -0.2) is 4.79 Å². The van der Waals surface area contributed by atoms with Crippen LogP contribution in [0.2, 0.25) is 0 Å². The fourth-order valence-corrected chi connectivity index (χ4v) is 1.76. The molecule has 1 saturated carbocycles. The van der Waals surface area contributed by atoms with Crippen LogP contribution < -0.4 is 0 Å². The van der Waals surface area contributed by atoms with Crippen LogP contribution in [0.25, 0.3) is 0 Å². The zero-order valence-corrected chi connectivity index (χ0v) is 11.2. The van der Waals surface area contributed by atoms with Crippen molar-refractivity contribution >= 4 is 17.7 Å². The first-order chi connectivity index (χ1) is 8.46. The molecule has 18 heavy (non-hydrogen) atoms. The Morgan fingerprint density at radius 1 is 1.22 bits per heavy atom. The Kier molecular flexibility index (Phi) is 4.87. The van der Waals surface area contributed by atoms with E-state index in [0.29, 0.717) is 5.92 Å². The highest BCUT2D eigenvalue weighted by Gasteiger charge is 2.47. The van der Waals surface area contributed by atoms with Crippen LogP contribution >= 0.6 is 0 Å². The van der Waals surface area contributed by atoms with E-state index in [9.17, 15) is 14.4 Å². The lowest BCUT2D eigenvalue weighted by Gasteiger charge is -2.27. The van der Waals surface area contributed by atoms with Gasteiger partial charge in [0.2, 0.25) is 0 Å². The zero-order valence-electron chi connectivity index (χ0n) is 11.2. The highest BCUT2D eigenvalue weighted by atomic mass is 16.6. The molecule has 0 heterocycles. The van der Waals surface area contributed by atoms with Gasteiger partial charge in [0.05, 0.1) is 6.61 Å². The van der Waals surface area contributed by atoms with Crippen molar-refractivity contribution in [2.24, 2.45) is 5.92 Å². The Morgan fingerprint density at radius 3 is 2.22 bits per heavy atom. The van der Waals surface area contributed by atoms with Crippen molar-refractivity contribution < 1.29 is 23.9 Å². The fourth-order valence-electron chi connectivity index (χ4n) is 1.76. The van der Waals surface area contributed by atoms with Crippen LogP contribution in [0.1, 0.15) is 46.5 Å². The first-order valence-electron chi connectivity index (χ1n) is 6.36. The maximum Gasteiger partial charge on any atom is 0.358 e. The maximum atomic E-state index is 11.9.